The van der Waals surface area contributed by atoms with Crippen LogP contribution in [0.5, 0.6) is 0 Å². The normalized spacial score (nSPS) is 15.1. The van der Waals surface area contributed by atoms with E-state index in [-0.39, 0.29) is 17.4 Å². The maximum atomic E-state index is 8.97. The number of nitrogens with zero attached hydrogens (tertiary/aromatic N) is 5. The first-order valence-electron chi connectivity index (χ1n) is 5.02. The summed E-state index contributed by atoms with van der Waals surface area (Å²) in [7, 11) is 0. The van der Waals surface area contributed by atoms with Crippen molar-refractivity contribution < 1.29 is 0 Å². The number of aromatic nitrogens is 2. The third kappa shape index (κ3) is 2.60. The molecule has 0 spiro atoms. The van der Waals surface area contributed by atoms with Crippen molar-refractivity contribution in [2.24, 2.45) is 5.73 Å². The lowest BCUT2D eigenvalue weighted by Gasteiger charge is -2.21. The molecule has 0 aliphatic carbocycles. The third-order valence-electron chi connectivity index (χ3n) is 2.46. The smallest absolute Gasteiger partial charge is 0.176 e. The highest BCUT2D eigenvalue weighted by atomic mass is 15.1. The summed E-state index contributed by atoms with van der Waals surface area (Å²) in [6.07, 6.45) is 1.80. The Morgan fingerprint density at radius 2 is 2.12 bits per heavy atom. The highest BCUT2D eigenvalue weighted by molar-refractivity contribution is 5.36. The van der Waals surface area contributed by atoms with Crippen LogP contribution in [0.2, 0.25) is 0 Å². The molecule has 0 saturated heterocycles. The van der Waals surface area contributed by atoms with Crippen LogP contribution in [0.3, 0.4) is 0 Å². The first kappa shape index (κ1) is 12.7. The molecule has 2 unspecified atom stereocenters. The van der Waals surface area contributed by atoms with E-state index in [4.69, 9.17) is 21.5 Å². The van der Waals surface area contributed by atoms with Gasteiger partial charge in [0, 0.05) is 6.04 Å². The summed E-state index contributed by atoms with van der Waals surface area (Å²) in [4.78, 5) is 3.84. The van der Waals surface area contributed by atoms with Crippen molar-refractivity contribution >= 4 is 0 Å². The minimum Gasteiger partial charge on any atom is -0.318 e. The average molecular weight is 228 g/mol. The first-order valence-corrected chi connectivity index (χ1v) is 5.02. The summed E-state index contributed by atoms with van der Waals surface area (Å²) in [5, 5.41) is 26.6. The lowest BCUT2D eigenvalue weighted by Crippen LogP contribution is -2.36. The van der Waals surface area contributed by atoms with E-state index in [2.05, 4.69) is 4.98 Å². The van der Waals surface area contributed by atoms with E-state index in [1.165, 1.54) is 6.33 Å². The first-order chi connectivity index (χ1) is 7.95. The van der Waals surface area contributed by atoms with Crippen LogP contribution in [0, 0.1) is 34.0 Å². The quantitative estimate of drug-likeness (QED) is 0.822. The van der Waals surface area contributed by atoms with Crippen molar-refractivity contribution in [3.63, 3.8) is 0 Å². The second-order valence-corrected chi connectivity index (χ2v) is 4.16. The minimum atomic E-state index is -0.969. The molecule has 6 nitrogen and oxygen atoms in total. The van der Waals surface area contributed by atoms with Gasteiger partial charge in [-0.05, 0) is 20.3 Å². The molecule has 0 amide bonds. The van der Waals surface area contributed by atoms with Gasteiger partial charge in [0.2, 0.25) is 0 Å². The Morgan fingerprint density at radius 1 is 1.47 bits per heavy atom. The molecule has 1 aromatic heterocycles. The summed E-state index contributed by atoms with van der Waals surface area (Å²) in [5.41, 5.74) is 5.07. The molecule has 0 aliphatic rings. The van der Waals surface area contributed by atoms with Gasteiger partial charge in [0.1, 0.15) is 17.7 Å². The van der Waals surface area contributed by atoms with Gasteiger partial charge in [0.05, 0.1) is 12.4 Å². The zero-order valence-corrected chi connectivity index (χ0v) is 9.68. The molecule has 0 fully saturated rings. The molecule has 2 atom stereocenters. The minimum absolute atomic E-state index is 0.0926. The summed E-state index contributed by atoms with van der Waals surface area (Å²) in [5.74, 6) is 0. The van der Waals surface area contributed by atoms with Gasteiger partial charge in [-0.1, -0.05) is 0 Å². The Balaban J connectivity index is 3.04. The predicted molar refractivity (Wildman–Crippen MR) is 59.2 cm³/mol. The highest BCUT2D eigenvalue weighted by Crippen LogP contribution is 2.21. The Kier molecular flexibility index (Phi) is 3.48. The van der Waals surface area contributed by atoms with Crippen molar-refractivity contribution in [1.29, 1.82) is 15.8 Å². The highest BCUT2D eigenvalue weighted by Gasteiger charge is 2.24. The fourth-order valence-corrected chi connectivity index (χ4v) is 1.65. The molecule has 0 bridgehead atoms. The molecule has 1 heterocycles. The standard InChI is InChI=1S/C11H12N6/c1-8(3-11(2,15)6-14)17-7-16-9(4-12)10(17)5-13/h7-8H,3,15H2,1-2H3. The molecule has 1 rings (SSSR count). The maximum absolute atomic E-state index is 8.97. The van der Waals surface area contributed by atoms with E-state index in [9.17, 15) is 0 Å². The lowest BCUT2D eigenvalue weighted by atomic mass is 9.96. The second kappa shape index (κ2) is 4.65. The van der Waals surface area contributed by atoms with E-state index in [0.29, 0.717) is 6.42 Å². The molecule has 0 radical (unpaired) electrons. The molecule has 2 N–H and O–H groups in total. The van der Waals surface area contributed by atoms with E-state index >= 15 is 0 Å². The van der Waals surface area contributed by atoms with Crippen molar-refractivity contribution in [1.82, 2.24) is 9.55 Å². The Hall–Kier alpha value is -2.36. The molecular formula is C11H12N6. The zero-order chi connectivity index (χ0) is 13.1. The van der Waals surface area contributed by atoms with Gasteiger partial charge < -0.3 is 10.3 Å². The van der Waals surface area contributed by atoms with Gasteiger partial charge in [-0.15, -0.1) is 0 Å². The molecule has 1 aromatic rings. The molecule has 0 aliphatic heterocycles. The van der Waals surface area contributed by atoms with Crippen LogP contribution in [0.15, 0.2) is 6.33 Å². The van der Waals surface area contributed by atoms with Crippen molar-refractivity contribution in [2.45, 2.75) is 31.8 Å². The van der Waals surface area contributed by atoms with Crippen LogP contribution >= 0.6 is 0 Å². The fourth-order valence-electron chi connectivity index (χ4n) is 1.65. The SMILES string of the molecule is CC(CC(C)(N)C#N)n1cnc(C#N)c1C#N. The third-order valence-corrected chi connectivity index (χ3v) is 2.46. The van der Waals surface area contributed by atoms with Crippen LogP contribution in [-0.4, -0.2) is 15.1 Å². The van der Waals surface area contributed by atoms with Gasteiger partial charge in [0.25, 0.3) is 0 Å². The van der Waals surface area contributed by atoms with Crippen LogP contribution in [0.4, 0.5) is 0 Å². The number of nitriles is 3. The number of imidazole rings is 1. The van der Waals surface area contributed by atoms with E-state index in [1.54, 1.807) is 11.5 Å². The lowest BCUT2D eigenvalue weighted by molar-refractivity contribution is 0.411. The van der Waals surface area contributed by atoms with Crippen LogP contribution in [0.1, 0.15) is 37.7 Å². The summed E-state index contributed by atoms with van der Waals surface area (Å²) in [6, 6.07) is 5.61. The largest absolute Gasteiger partial charge is 0.318 e. The van der Waals surface area contributed by atoms with Gasteiger partial charge in [-0.2, -0.15) is 15.8 Å². The van der Waals surface area contributed by atoms with Crippen LogP contribution in [0.25, 0.3) is 0 Å². The average Bonchev–Trinajstić information content (AvgIpc) is 2.71. The summed E-state index contributed by atoms with van der Waals surface area (Å²) in [6.45, 7) is 3.45. The van der Waals surface area contributed by atoms with Gasteiger partial charge >= 0.3 is 0 Å². The number of hydrogen-bond acceptors (Lipinski definition) is 5. The molecular weight excluding hydrogens is 216 g/mol. The van der Waals surface area contributed by atoms with E-state index in [0.717, 1.165) is 0 Å². The molecule has 6 heteroatoms. The Morgan fingerprint density at radius 3 is 2.59 bits per heavy atom. The predicted octanol–water partition coefficient (Wildman–Crippen LogP) is 0.819. The fraction of sp³-hybridized carbons (Fsp3) is 0.455. The molecule has 17 heavy (non-hydrogen) atoms. The van der Waals surface area contributed by atoms with Crippen molar-refractivity contribution in [3.8, 4) is 18.2 Å². The molecule has 86 valence electrons. The van der Waals surface area contributed by atoms with Crippen LogP contribution in [-0.2, 0) is 0 Å². The molecule has 0 saturated carbocycles. The van der Waals surface area contributed by atoms with Gasteiger partial charge in [-0.25, -0.2) is 4.98 Å². The number of nitrogens with two attached hydrogens (primary N) is 1. The van der Waals surface area contributed by atoms with Crippen molar-refractivity contribution in [3.05, 3.63) is 17.7 Å². The Labute approximate surface area is 99.5 Å². The van der Waals surface area contributed by atoms with E-state index < -0.39 is 5.54 Å². The number of hydrogen-bond donors (Lipinski definition) is 1. The van der Waals surface area contributed by atoms with E-state index in [1.807, 2.05) is 25.1 Å². The topological polar surface area (TPSA) is 115 Å². The van der Waals surface area contributed by atoms with Gasteiger partial charge in [-0.3, -0.25) is 0 Å². The molecule has 0 aromatic carbocycles. The number of rotatable bonds is 3. The summed E-state index contributed by atoms with van der Waals surface area (Å²) >= 11 is 0. The van der Waals surface area contributed by atoms with Crippen molar-refractivity contribution in [2.75, 3.05) is 0 Å². The Bertz CT molecular complexity index is 534. The monoisotopic (exact) mass is 228 g/mol. The maximum Gasteiger partial charge on any atom is 0.176 e. The van der Waals surface area contributed by atoms with Crippen LogP contribution < -0.4 is 5.73 Å². The second-order valence-electron chi connectivity index (χ2n) is 4.16. The van der Waals surface area contributed by atoms with Gasteiger partial charge in [0.15, 0.2) is 11.4 Å². The summed E-state index contributed by atoms with van der Waals surface area (Å²) < 4.78 is 1.57. The zero-order valence-electron chi connectivity index (χ0n) is 9.68.